The molecule has 0 aliphatic carbocycles. The van der Waals surface area contributed by atoms with Gasteiger partial charge in [-0.15, -0.1) is 0 Å². The summed E-state index contributed by atoms with van der Waals surface area (Å²) in [5.41, 5.74) is 5.89. The molecule has 1 rings (SSSR count). The van der Waals surface area contributed by atoms with Gasteiger partial charge in [0.25, 0.3) is 0 Å². The molecule has 0 aliphatic rings. The van der Waals surface area contributed by atoms with E-state index >= 15 is 0 Å². The minimum atomic E-state index is -3.47. The van der Waals surface area contributed by atoms with Crippen molar-refractivity contribution in [3.05, 3.63) is 24.3 Å². The summed E-state index contributed by atoms with van der Waals surface area (Å²) in [6.45, 7) is 1.87. The molecule has 0 spiro atoms. The summed E-state index contributed by atoms with van der Waals surface area (Å²) < 4.78 is 25.5. The zero-order chi connectivity index (χ0) is 13.1. The predicted octanol–water partition coefficient (Wildman–Crippen LogP) is 0.895. The first kappa shape index (κ1) is 13.8. The number of anilines is 1. The minimum absolute atomic E-state index is 0.0327. The third kappa shape index (κ3) is 2.89. The Morgan fingerprint density at radius 3 is 2.59 bits per heavy atom. The molecule has 96 valence electrons. The van der Waals surface area contributed by atoms with E-state index in [4.69, 9.17) is 5.73 Å². The van der Waals surface area contributed by atoms with Crippen molar-refractivity contribution in [1.29, 1.82) is 0 Å². The molecule has 1 aromatic carbocycles. The first-order valence-electron chi connectivity index (χ1n) is 5.40. The Kier molecular flexibility index (Phi) is 4.36. The number of nitrogens with two attached hydrogens (primary N) is 1. The molecule has 1 atom stereocenters. The van der Waals surface area contributed by atoms with Crippen molar-refractivity contribution in [1.82, 2.24) is 0 Å². The molecule has 0 amide bonds. The summed E-state index contributed by atoms with van der Waals surface area (Å²) in [5.74, 6) is 0.0327. The van der Waals surface area contributed by atoms with Gasteiger partial charge >= 0.3 is 0 Å². The number of benzene rings is 1. The standard InChI is InChI=1S/C11H18N2O3S/c1-3-11(8-12)17(15,16)13(2)9-5-4-6-10(14)7-9/h4-7,11,14H,3,8,12H2,1-2H3. The van der Waals surface area contributed by atoms with Crippen LogP contribution in [0.4, 0.5) is 5.69 Å². The van der Waals surface area contributed by atoms with Crippen LogP contribution in [-0.2, 0) is 10.0 Å². The van der Waals surface area contributed by atoms with Crippen molar-refractivity contribution in [2.24, 2.45) is 5.73 Å². The molecule has 5 nitrogen and oxygen atoms in total. The van der Waals surface area contributed by atoms with E-state index in [0.717, 1.165) is 4.31 Å². The number of sulfonamides is 1. The summed E-state index contributed by atoms with van der Waals surface area (Å²) in [6, 6.07) is 6.12. The molecule has 0 radical (unpaired) electrons. The van der Waals surface area contributed by atoms with Gasteiger partial charge in [0.15, 0.2) is 0 Å². The topological polar surface area (TPSA) is 83.6 Å². The normalized spacial score (nSPS) is 13.4. The maximum absolute atomic E-state index is 12.2. The van der Waals surface area contributed by atoms with Gasteiger partial charge in [-0.25, -0.2) is 8.42 Å². The van der Waals surface area contributed by atoms with Crippen LogP contribution in [-0.4, -0.2) is 32.4 Å². The maximum Gasteiger partial charge on any atom is 0.239 e. The van der Waals surface area contributed by atoms with Crippen molar-refractivity contribution in [2.75, 3.05) is 17.9 Å². The Balaban J connectivity index is 3.08. The largest absolute Gasteiger partial charge is 0.508 e. The van der Waals surface area contributed by atoms with Crippen LogP contribution >= 0.6 is 0 Å². The number of hydrogen-bond donors (Lipinski definition) is 2. The minimum Gasteiger partial charge on any atom is -0.508 e. The third-order valence-corrected chi connectivity index (χ3v) is 5.06. The highest BCUT2D eigenvalue weighted by Crippen LogP contribution is 2.23. The lowest BCUT2D eigenvalue weighted by Gasteiger charge is -2.24. The van der Waals surface area contributed by atoms with Gasteiger partial charge in [-0.05, 0) is 18.6 Å². The van der Waals surface area contributed by atoms with Crippen LogP contribution in [0.1, 0.15) is 13.3 Å². The summed E-state index contributed by atoms with van der Waals surface area (Å²) >= 11 is 0. The van der Waals surface area contributed by atoms with E-state index in [1.165, 1.54) is 19.2 Å². The molecule has 0 saturated heterocycles. The maximum atomic E-state index is 12.2. The first-order chi connectivity index (χ1) is 7.93. The molecule has 1 aromatic rings. The van der Waals surface area contributed by atoms with E-state index in [1.807, 2.05) is 0 Å². The van der Waals surface area contributed by atoms with Crippen LogP contribution in [0.5, 0.6) is 5.75 Å². The van der Waals surface area contributed by atoms with Gasteiger partial charge in [0.2, 0.25) is 10.0 Å². The summed E-state index contributed by atoms with van der Waals surface area (Å²) in [7, 11) is -2.01. The van der Waals surface area contributed by atoms with Gasteiger partial charge < -0.3 is 10.8 Å². The van der Waals surface area contributed by atoms with Crippen LogP contribution < -0.4 is 10.0 Å². The van der Waals surface area contributed by atoms with E-state index in [-0.39, 0.29) is 12.3 Å². The molecule has 0 bridgehead atoms. The number of rotatable bonds is 5. The van der Waals surface area contributed by atoms with Crippen LogP contribution in [0.25, 0.3) is 0 Å². The second kappa shape index (κ2) is 5.37. The molecular weight excluding hydrogens is 240 g/mol. The molecular formula is C11H18N2O3S. The van der Waals surface area contributed by atoms with Crippen molar-refractivity contribution in [3.8, 4) is 5.75 Å². The molecule has 0 aromatic heterocycles. The molecule has 17 heavy (non-hydrogen) atoms. The van der Waals surface area contributed by atoms with Crippen LogP contribution in [0.3, 0.4) is 0 Å². The van der Waals surface area contributed by atoms with Crippen molar-refractivity contribution in [3.63, 3.8) is 0 Å². The monoisotopic (exact) mass is 258 g/mol. The van der Waals surface area contributed by atoms with Gasteiger partial charge in [0, 0.05) is 19.7 Å². The fourth-order valence-electron chi connectivity index (χ4n) is 1.56. The smallest absolute Gasteiger partial charge is 0.239 e. The SMILES string of the molecule is CCC(CN)S(=O)(=O)N(C)c1cccc(O)c1. The molecule has 0 saturated carbocycles. The number of hydrogen-bond acceptors (Lipinski definition) is 4. The zero-order valence-electron chi connectivity index (χ0n) is 10.00. The van der Waals surface area contributed by atoms with E-state index in [1.54, 1.807) is 19.1 Å². The van der Waals surface area contributed by atoms with Gasteiger partial charge in [-0.3, -0.25) is 4.31 Å². The summed E-state index contributed by atoms with van der Waals surface area (Å²) in [4.78, 5) is 0. The predicted molar refractivity (Wildman–Crippen MR) is 68.6 cm³/mol. The van der Waals surface area contributed by atoms with Gasteiger partial charge in [0.1, 0.15) is 5.75 Å². The lowest BCUT2D eigenvalue weighted by Crippen LogP contribution is -2.39. The van der Waals surface area contributed by atoms with Crippen LogP contribution in [0.2, 0.25) is 0 Å². The third-order valence-electron chi connectivity index (χ3n) is 2.71. The second-order valence-corrected chi connectivity index (χ2v) is 6.04. The molecule has 3 N–H and O–H groups in total. The van der Waals surface area contributed by atoms with E-state index < -0.39 is 15.3 Å². The van der Waals surface area contributed by atoms with Crippen LogP contribution in [0, 0.1) is 0 Å². The molecule has 0 aliphatic heterocycles. The number of phenols is 1. The number of aromatic hydroxyl groups is 1. The second-order valence-electron chi connectivity index (χ2n) is 3.80. The Morgan fingerprint density at radius 2 is 2.12 bits per heavy atom. The van der Waals surface area contributed by atoms with E-state index in [9.17, 15) is 13.5 Å². The molecule has 1 unspecified atom stereocenters. The lowest BCUT2D eigenvalue weighted by atomic mass is 10.3. The number of phenolic OH excluding ortho intramolecular Hbond substituents is 1. The zero-order valence-corrected chi connectivity index (χ0v) is 10.8. The number of nitrogens with zero attached hydrogens (tertiary/aromatic N) is 1. The fourth-order valence-corrected chi connectivity index (χ4v) is 3.08. The van der Waals surface area contributed by atoms with Crippen molar-refractivity contribution >= 4 is 15.7 Å². The van der Waals surface area contributed by atoms with Gasteiger partial charge in [0.05, 0.1) is 10.9 Å². The highest BCUT2D eigenvalue weighted by molar-refractivity contribution is 7.93. The Morgan fingerprint density at radius 1 is 1.47 bits per heavy atom. The summed E-state index contributed by atoms with van der Waals surface area (Å²) in [6.07, 6.45) is 0.460. The van der Waals surface area contributed by atoms with Crippen molar-refractivity contribution < 1.29 is 13.5 Å². The first-order valence-corrected chi connectivity index (χ1v) is 6.90. The fraction of sp³-hybridized carbons (Fsp3) is 0.455. The quantitative estimate of drug-likeness (QED) is 0.821. The highest BCUT2D eigenvalue weighted by Gasteiger charge is 2.27. The lowest BCUT2D eigenvalue weighted by molar-refractivity contribution is 0.475. The average molecular weight is 258 g/mol. The van der Waals surface area contributed by atoms with Gasteiger partial charge in [-0.2, -0.15) is 0 Å². The Labute approximate surface area is 102 Å². The Hall–Kier alpha value is -1.27. The molecule has 0 fully saturated rings. The van der Waals surface area contributed by atoms with E-state index in [0.29, 0.717) is 12.1 Å². The van der Waals surface area contributed by atoms with Crippen molar-refractivity contribution in [2.45, 2.75) is 18.6 Å². The summed E-state index contributed by atoms with van der Waals surface area (Å²) in [5, 5.41) is 8.73. The average Bonchev–Trinajstić information content (AvgIpc) is 2.29. The van der Waals surface area contributed by atoms with E-state index in [2.05, 4.69) is 0 Å². The van der Waals surface area contributed by atoms with Crippen LogP contribution in [0.15, 0.2) is 24.3 Å². The highest BCUT2D eigenvalue weighted by atomic mass is 32.2. The Bertz CT molecular complexity index is 469. The van der Waals surface area contributed by atoms with Gasteiger partial charge in [-0.1, -0.05) is 13.0 Å². The molecule has 6 heteroatoms. The molecule has 0 heterocycles.